The highest BCUT2D eigenvalue weighted by Gasteiger charge is 2.21. The monoisotopic (exact) mass is 315 g/mol. The summed E-state index contributed by atoms with van der Waals surface area (Å²) >= 11 is 0. The number of para-hydroxylation sites is 1. The SMILES string of the molecule is CCc1ccccc1OCc1cc([N+](=O)[O-])cc2c1OCOC2. The number of nitrogens with zero attached hydrogens (tertiary/aromatic N) is 1. The van der Waals surface area contributed by atoms with E-state index in [4.69, 9.17) is 14.2 Å². The molecule has 0 aromatic heterocycles. The zero-order chi connectivity index (χ0) is 16.2. The average molecular weight is 315 g/mol. The van der Waals surface area contributed by atoms with Crippen molar-refractivity contribution in [2.45, 2.75) is 26.6 Å². The lowest BCUT2D eigenvalue weighted by Crippen LogP contribution is -2.14. The van der Waals surface area contributed by atoms with E-state index in [1.807, 2.05) is 24.3 Å². The number of hydrogen-bond acceptors (Lipinski definition) is 5. The molecule has 1 aliphatic heterocycles. The van der Waals surface area contributed by atoms with Gasteiger partial charge < -0.3 is 14.2 Å². The molecule has 120 valence electrons. The Morgan fingerprint density at radius 3 is 2.87 bits per heavy atom. The molecule has 0 atom stereocenters. The fraction of sp³-hybridized carbons (Fsp3) is 0.294. The van der Waals surface area contributed by atoms with E-state index in [0.29, 0.717) is 23.5 Å². The first-order chi connectivity index (χ1) is 11.2. The van der Waals surface area contributed by atoms with E-state index in [0.717, 1.165) is 17.7 Å². The van der Waals surface area contributed by atoms with Crippen LogP contribution < -0.4 is 9.47 Å². The van der Waals surface area contributed by atoms with Crippen LogP contribution >= 0.6 is 0 Å². The summed E-state index contributed by atoms with van der Waals surface area (Å²) in [6, 6.07) is 10.7. The molecular weight excluding hydrogens is 298 g/mol. The average Bonchev–Trinajstić information content (AvgIpc) is 2.59. The van der Waals surface area contributed by atoms with Crippen LogP contribution in [0.1, 0.15) is 23.6 Å². The molecule has 0 radical (unpaired) electrons. The maximum atomic E-state index is 11.1. The number of ether oxygens (including phenoxy) is 3. The lowest BCUT2D eigenvalue weighted by molar-refractivity contribution is -0.385. The molecule has 1 aliphatic rings. The van der Waals surface area contributed by atoms with E-state index in [1.165, 1.54) is 12.1 Å². The van der Waals surface area contributed by atoms with Crippen molar-refractivity contribution in [3.05, 3.63) is 63.2 Å². The highest BCUT2D eigenvalue weighted by molar-refractivity contribution is 5.50. The second kappa shape index (κ2) is 6.66. The third-order valence-electron chi connectivity index (χ3n) is 3.72. The molecule has 3 rings (SSSR count). The highest BCUT2D eigenvalue weighted by Crippen LogP contribution is 2.33. The van der Waals surface area contributed by atoms with Gasteiger partial charge in [-0.15, -0.1) is 0 Å². The van der Waals surface area contributed by atoms with Gasteiger partial charge in [-0.05, 0) is 18.1 Å². The van der Waals surface area contributed by atoms with Gasteiger partial charge in [0.05, 0.1) is 11.5 Å². The normalized spacial score (nSPS) is 13.1. The van der Waals surface area contributed by atoms with E-state index in [-0.39, 0.29) is 19.1 Å². The number of fused-ring (bicyclic) bond motifs is 1. The van der Waals surface area contributed by atoms with Crippen molar-refractivity contribution in [1.82, 2.24) is 0 Å². The molecular formula is C17H17NO5. The summed E-state index contributed by atoms with van der Waals surface area (Å²) < 4.78 is 16.6. The lowest BCUT2D eigenvalue weighted by atomic mass is 10.1. The summed E-state index contributed by atoms with van der Waals surface area (Å²) in [6.07, 6.45) is 0.855. The predicted molar refractivity (Wildman–Crippen MR) is 83.5 cm³/mol. The van der Waals surface area contributed by atoms with Crippen LogP contribution in [-0.4, -0.2) is 11.7 Å². The number of non-ortho nitro benzene ring substituents is 1. The second-order valence-electron chi connectivity index (χ2n) is 5.21. The van der Waals surface area contributed by atoms with E-state index >= 15 is 0 Å². The largest absolute Gasteiger partial charge is 0.488 e. The third kappa shape index (κ3) is 3.27. The molecule has 2 aromatic carbocycles. The first-order valence-electron chi connectivity index (χ1n) is 7.40. The second-order valence-corrected chi connectivity index (χ2v) is 5.21. The summed E-state index contributed by atoms with van der Waals surface area (Å²) in [5.41, 5.74) is 2.44. The van der Waals surface area contributed by atoms with Crippen LogP contribution in [0.2, 0.25) is 0 Å². The van der Waals surface area contributed by atoms with Crippen molar-refractivity contribution >= 4 is 5.69 Å². The Bertz CT molecular complexity index is 729. The molecule has 0 unspecified atom stereocenters. The van der Waals surface area contributed by atoms with Gasteiger partial charge in [-0.3, -0.25) is 10.1 Å². The number of rotatable bonds is 5. The predicted octanol–water partition coefficient (Wildman–Crippen LogP) is 3.60. The van der Waals surface area contributed by atoms with E-state index in [9.17, 15) is 10.1 Å². The van der Waals surface area contributed by atoms with Crippen molar-refractivity contribution in [3.63, 3.8) is 0 Å². The van der Waals surface area contributed by atoms with Crippen LogP contribution in [0, 0.1) is 10.1 Å². The van der Waals surface area contributed by atoms with Crippen LogP contribution in [0.5, 0.6) is 11.5 Å². The van der Waals surface area contributed by atoms with E-state index in [2.05, 4.69) is 6.92 Å². The van der Waals surface area contributed by atoms with Crippen LogP contribution in [0.15, 0.2) is 36.4 Å². The fourth-order valence-electron chi connectivity index (χ4n) is 2.59. The van der Waals surface area contributed by atoms with Crippen LogP contribution in [-0.2, 0) is 24.4 Å². The van der Waals surface area contributed by atoms with Gasteiger partial charge in [0.1, 0.15) is 18.1 Å². The standard InChI is InChI=1S/C17H17NO5/c1-2-12-5-3-4-6-16(12)22-10-14-8-15(18(19)20)7-13-9-21-11-23-17(13)14/h3-8H,2,9-11H2,1H3. The number of hydrogen-bond donors (Lipinski definition) is 0. The minimum Gasteiger partial charge on any atom is -0.488 e. The van der Waals surface area contributed by atoms with Crippen molar-refractivity contribution in [3.8, 4) is 11.5 Å². The molecule has 2 aromatic rings. The van der Waals surface area contributed by atoms with Gasteiger partial charge in [0.15, 0.2) is 6.79 Å². The summed E-state index contributed by atoms with van der Waals surface area (Å²) in [7, 11) is 0. The number of benzene rings is 2. The molecule has 0 aliphatic carbocycles. The Balaban J connectivity index is 1.89. The minimum atomic E-state index is -0.418. The van der Waals surface area contributed by atoms with Gasteiger partial charge >= 0.3 is 0 Å². The van der Waals surface area contributed by atoms with Gasteiger partial charge in [-0.1, -0.05) is 25.1 Å². The summed E-state index contributed by atoms with van der Waals surface area (Å²) in [4.78, 5) is 10.7. The molecule has 0 bridgehead atoms. The molecule has 1 heterocycles. The molecule has 0 saturated carbocycles. The third-order valence-corrected chi connectivity index (χ3v) is 3.72. The Kier molecular flexibility index (Phi) is 4.43. The summed E-state index contributed by atoms with van der Waals surface area (Å²) in [5, 5.41) is 11.1. The Labute approximate surface area is 133 Å². The quantitative estimate of drug-likeness (QED) is 0.622. The topological polar surface area (TPSA) is 70.8 Å². The molecule has 0 amide bonds. The Morgan fingerprint density at radius 2 is 2.09 bits per heavy atom. The Hall–Kier alpha value is -2.60. The number of nitro benzene ring substituents is 1. The first kappa shape index (κ1) is 15.3. The maximum Gasteiger partial charge on any atom is 0.270 e. The van der Waals surface area contributed by atoms with Gasteiger partial charge in [0.25, 0.3) is 5.69 Å². The fourth-order valence-corrected chi connectivity index (χ4v) is 2.59. The van der Waals surface area contributed by atoms with Gasteiger partial charge in [-0.25, -0.2) is 0 Å². The lowest BCUT2D eigenvalue weighted by Gasteiger charge is -2.21. The number of nitro groups is 1. The summed E-state index contributed by atoms with van der Waals surface area (Å²) in [5.74, 6) is 1.40. The number of aryl methyl sites for hydroxylation is 1. The molecule has 0 saturated heterocycles. The molecule has 6 heteroatoms. The molecule has 6 nitrogen and oxygen atoms in total. The Morgan fingerprint density at radius 1 is 1.26 bits per heavy atom. The zero-order valence-corrected chi connectivity index (χ0v) is 12.8. The van der Waals surface area contributed by atoms with Crippen molar-refractivity contribution < 1.29 is 19.1 Å². The van der Waals surface area contributed by atoms with E-state index < -0.39 is 4.92 Å². The molecule has 0 fully saturated rings. The van der Waals surface area contributed by atoms with Crippen molar-refractivity contribution in [2.75, 3.05) is 6.79 Å². The molecule has 0 spiro atoms. The van der Waals surface area contributed by atoms with Crippen LogP contribution in [0.3, 0.4) is 0 Å². The van der Waals surface area contributed by atoms with Crippen molar-refractivity contribution in [1.29, 1.82) is 0 Å². The zero-order valence-electron chi connectivity index (χ0n) is 12.8. The van der Waals surface area contributed by atoms with Crippen molar-refractivity contribution in [2.24, 2.45) is 0 Å². The van der Waals surface area contributed by atoms with Gasteiger partial charge in [0, 0.05) is 23.3 Å². The smallest absolute Gasteiger partial charge is 0.270 e. The minimum absolute atomic E-state index is 0.0141. The maximum absolute atomic E-state index is 11.1. The molecule has 23 heavy (non-hydrogen) atoms. The van der Waals surface area contributed by atoms with Crippen LogP contribution in [0.4, 0.5) is 5.69 Å². The highest BCUT2D eigenvalue weighted by atomic mass is 16.7. The van der Waals surface area contributed by atoms with E-state index in [1.54, 1.807) is 0 Å². The van der Waals surface area contributed by atoms with Gasteiger partial charge in [-0.2, -0.15) is 0 Å². The van der Waals surface area contributed by atoms with Gasteiger partial charge in [0.2, 0.25) is 0 Å². The first-order valence-corrected chi connectivity index (χ1v) is 7.40. The molecule has 0 N–H and O–H groups in total. The van der Waals surface area contributed by atoms with Crippen LogP contribution in [0.25, 0.3) is 0 Å². The summed E-state index contributed by atoms with van der Waals surface area (Å²) in [6.45, 7) is 2.71.